The van der Waals surface area contributed by atoms with Gasteiger partial charge in [0.15, 0.2) is 5.75 Å². The molecule has 2 fully saturated rings. The largest absolute Gasteiger partial charge is 0.485 e. The number of rotatable bonds is 3. The van der Waals surface area contributed by atoms with Crippen LogP contribution in [0.15, 0.2) is 12.4 Å². The Balaban J connectivity index is 1.59. The van der Waals surface area contributed by atoms with Gasteiger partial charge in [-0.3, -0.25) is 4.68 Å². The molecule has 17 heavy (non-hydrogen) atoms. The van der Waals surface area contributed by atoms with E-state index in [1.165, 1.54) is 25.7 Å². The molecule has 1 aromatic heterocycles. The standard InChI is InChI=1S/C13H20N2O2/c1-2-5-11(4-1)15-9-13(8-14-15)17-12-6-3-7-16-10-12/h8-9,11-12H,1-7,10H2. The van der Waals surface area contributed by atoms with Gasteiger partial charge in [0.2, 0.25) is 0 Å². The van der Waals surface area contributed by atoms with Crippen molar-refractivity contribution in [2.24, 2.45) is 0 Å². The van der Waals surface area contributed by atoms with Gasteiger partial charge in [-0.25, -0.2) is 0 Å². The minimum atomic E-state index is 0.213. The molecule has 2 heterocycles. The molecule has 1 aliphatic heterocycles. The van der Waals surface area contributed by atoms with Crippen molar-refractivity contribution in [1.82, 2.24) is 9.78 Å². The van der Waals surface area contributed by atoms with Crippen LogP contribution >= 0.6 is 0 Å². The van der Waals surface area contributed by atoms with Crippen LogP contribution in [0.1, 0.15) is 44.6 Å². The van der Waals surface area contributed by atoms with Crippen molar-refractivity contribution in [3.63, 3.8) is 0 Å². The van der Waals surface area contributed by atoms with E-state index in [-0.39, 0.29) is 6.10 Å². The summed E-state index contributed by atoms with van der Waals surface area (Å²) in [6.07, 6.45) is 11.5. The summed E-state index contributed by atoms with van der Waals surface area (Å²) in [5.74, 6) is 0.896. The van der Waals surface area contributed by atoms with Gasteiger partial charge in [0, 0.05) is 6.61 Å². The van der Waals surface area contributed by atoms with Crippen LogP contribution in [-0.2, 0) is 4.74 Å². The molecule has 1 unspecified atom stereocenters. The van der Waals surface area contributed by atoms with Crippen molar-refractivity contribution >= 4 is 0 Å². The summed E-state index contributed by atoms with van der Waals surface area (Å²) >= 11 is 0. The van der Waals surface area contributed by atoms with Gasteiger partial charge < -0.3 is 9.47 Å². The molecular formula is C13H20N2O2. The number of nitrogens with zero attached hydrogens (tertiary/aromatic N) is 2. The molecule has 4 heteroatoms. The highest BCUT2D eigenvalue weighted by Gasteiger charge is 2.19. The molecule has 0 aromatic carbocycles. The Labute approximate surface area is 102 Å². The molecule has 1 atom stereocenters. The fourth-order valence-corrected chi connectivity index (χ4v) is 2.75. The van der Waals surface area contributed by atoms with E-state index in [1.54, 1.807) is 0 Å². The lowest BCUT2D eigenvalue weighted by atomic mass is 10.2. The minimum Gasteiger partial charge on any atom is -0.485 e. The maximum atomic E-state index is 5.89. The van der Waals surface area contributed by atoms with E-state index in [0.717, 1.165) is 25.2 Å². The summed E-state index contributed by atoms with van der Waals surface area (Å²) in [5.41, 5.74) is 0. The molecule has 0 amide bonds. The van der Waals surface area contributed by atoms with Gasteiger partial charge in [0.1, 0.15) is 6.10 Å². The third-order valence-corrected chi connectivity index (χ3v) is 3.70. The minimum absolute atomic E-state index is 0.213. The number of aromatic nitrogens is 2. The number of hydrogen-bond acceptors (Lipinski definition) is 3. The first kappa shape index (κ1) is 11.1. The van der Waals surface area contributed by atoms with Crippen molar-refractivity contribution in [3.8, 4) is 5.75 Å². The van der Waals surface area contributed by atoms with Gasteiger partial charge >= 0.3 is 0 Å². The monoisotopic (exact) mass is 236 g/mol. The lowest BCUT2D eigenvalue weighted by Gasteiger charge is -2.22. The van der Waals surface area contributed by atoms with Gasteiger partial charge in [-0.15, -0.1) is 0 Å². The van der Waals surface area contributed by atoms with Gasteiger partial charge in [0.05, 0.1) is 25.0 Å². The van der Waals surface area contributed by atoms with E-state index in [4.69, 9.17) is 9.47 Å². The van der Waals surface area contributed by atoms with Gasteiger partial charge in [-0.1, -0.05) is 12.8 Å². The van der Waals surface area contributed by atoms with Gasteiger partial charge in [-0.05, 0) is 25.7 Å². The molecule has 0 N–H and O–H groups in total. The Morgan fingerprint density at radius 3 is 2.88 bits per heavy atom. The SMILES string of the molecule is c1nn(C2CCCC2)cc1OC1CCCOC1. The molecule has 0 radical (unpaired) electrons. The molecular weight excluding hydrogens is 216 g/mol. The molecule has 3 rings (SSSR count). The Hall–Kier alpha value is -1.03. The average molecular weight is 236 g/mol. The molecule has 4 nitrogen and oxygen atoms in total. The van der Waals surface area contributed by atoms with E-state index in [9.17, 15) is 0 Å². The lowest BCUT2D eigenvalue weighted by Crippen LogP contribution is -2.27. The third-order valence-electron chi connectivity index (χ3n) is 3.70. The zero-order valence-electron chi connectivity index (χ0n) is 10.2. The zero-order chi connectivity index (χ0) is 11.5. The molecule has 0 bridgehead atoms. The first-order chi connectivity index (χ1) is 8.42. The number of ether oxygens (including phenoxy) is 2. The summed E-state index contributed by atoms with van der Waals surface area (Å²) < 4.78 is 13.4. The zero-order valence-corrected chi connectivity index (χ0v) is 10.2. The van der Waals surface area contributed by atoms with Crippen molar-refractivity contribution in [2.75, 3.05) is 13.2 Å². The fraction of sp³-hybridized carbons (Fsp3) is 0.769. The predicted octanol–water partition coefficient (Wildman–Crippen LogP) is 2.56. The van der Waals surface area contributed by atoms with Crippen LogP contribution in [0.5, 0.6) is 5.75 Å². The lowest BCUT2D eigenvalue weighted by molar-refractivity contribution is 0.00737. The van der Waals surface area contributed by atoms with Crippen molar-refractivity contribution in [1.29, 1.82) is 0 Å². The van der Waals surface area contributed by atoms with Crippen LogP contribution in [0, 0.1) is 0 Å². The van der Waals surface area contributed by atoms with Crippen LogP contribution in [0.3, 0.4) is 0 Å². The Morgan fingerprint density at radius 2 is 2.12 bits per heavy atom. The topological polar surface area (TPSA) is 36.3 Å². The maximum Gasteiger partial charge on any atom is 0.157 e. The second-order valence-corrected chi connectivity index (χ2v) is 5.05. The van der Waals surface area contributed by atoms with Crippen LogP contribution in [-0.4, -0.2) is 29.1 Å². The molecule has 1 aliphatic carbocycles. The fourth-order valence-electron chi connectivity index (χ4n) is 2.75. The summed E-state index contributed by atoms with van der Waals surface area (Å²) in [5, 5.41) is 4.41. The highest BCUT2D eigenvalue weighted by Crippen LogP contribution is 2.30. The van der Waals surface area contributed by atoms with E-state index >= 15 is 0 Å². The Morgan fingerprint density at radius 1 is 1.24 bits per heavy atom. The van der Waals surface area contributed by atoms with E-state index in [1.807, 2.05) is 12.4 Å². The average Bonchev–Trinajstić information content (AvgIpc) is 3.00. The van der Waals surface area contributed by atoms with E-state index in [2.05, 4.69) is 9.78 Å². The second kappa shape index (κ2) is 5.08. The highest BCUT2D eigenvalue weighted by molar-refractivity contribution is 5.13. The van der Waals surface area contributed by atoms with Crippen LogP contribution < -0.4 is 4.74 Å². The molecule has 2 aliphatic rings. The molecule has 0 spiro atoms. The first-order valence-electron chi connectivity index (χ1n) is 6.70. The predicted molar refractivity (Wildman–Crippen MR) is 64.2 cm³/mol. The molecule has 1 saturated carbocycles. The summed E-state index contributed by atoms with van der Waals surface area (Å²) in [6.45, 7) is 1.59. The van der Waals surface area contributed by atoms with Crippen molar-refractivity contribution < 1.29 is 9.47 Å². The smallest absolute Gasteiger partial charge is 0.157 e. The van der Waals surface area contributed by atoms with E-state index in [0.29, 0.717) is 12.6 Å². The van der Waals surface area contributed by atoms with Gasteiger partial charge in [-0.2, -0.15) is 5.10 Å². The molecule has 1 saturated heterocycles. The van der Waals surface area contributed by atoms with Crippen LogP contribution in [0.25, 0.3) is 0 Å². The molecule has 1 aromatic rings. The second-order valence-electron chi connectivity index (χ2n) is 5.05. The number of hydrogen-bond donors (Lipinski definition) is 0. The normalized spacial score (nSPS) is 26.2. The van der Waals surface area contributed by atoms with Gasteiger partial charge in [0.25, 0.3) is 0 Å². The van der Waals surface area contributed by atoms with Crippen LogP contribution in [0.2, 0.25) is 0 Å². The van der Waals surface area contributed by atoms with Crippen molar-refractivity contribution in [3.05, 3.63) is 12.4 Å². The quantitative estimate of drug-likeness (QED) is 0.809. The maximum absolute atomic E-state index is 5.89. The van der Waals surface area contributed by atoms with Crippen molar-refractivity contribution in [2.45, 2.75) is 50.7 Å². The van der Waals surface area contributed by atoms with E-state index < -0.39 is 0 Å². The summed E-state index contributed by atoms with van der Waals surface area (Å²) in [6, 6.07) is 0.593. The van der Waals surface area contributed by atoms with Crippen LogP contribution in [0.4, 0.5) is 0 Å². The summed E-state index contributed by atoms with van der Waals surface area (Å²) in [7, 11) is 0. The highest BCUT2D eigenvalue weighted by atomic mass is 16.5. The summed E-state index contributed by atoms with van der Waals surface area (Å²) in [4.78, 5) is 0. The Bertz CT molecular complexity index is 352. The molecule has 94 valence electrons. The first-order valence-corrected chi connectivity index (χ1v) is 6.70. The Kier molecular flexibility index (Phi) is 3.31. The third kappa shape index (κ3) is 2.63.